The lowest BCUT2D eigenvalue weighted by atomic mass is 9.81. The lowest BCUT2D eigenvalue weighted by Crippen LogP contribution is -1.97. The van der Waals surface area contributed by atoms with E-state index in [0.717, 1.165) is 38.5 Å². The van der Waals surface area contributed by atoms with Crippen LogP contribution in [0.25, 0.3) is 78.2 Å². The molecule has 0 aliphatic rings. The monoisotopic (exact) mass is 507 g/mol. The number of rotatable bonds is 5. The summed E-state index contributed by atoms with van der Waals surface area (Å²) in [6, 6.07) is 16.1. The van der Waals surface area contributed by atoms with Gasteiger partial charge in [0.05, 0.1) is 12.3 Å². The first-order chi connectivity index (χ1) is 23.0. The molecule has 0 atom stereocenters. The highest BCUT2D eigenvalue weighted by Gasteiger charge is 2.21. The van der Waals surface area contributed by atoms with Crippen LogP contribution in [0.5, 0.6) is 0 Å². The van der Waals surface area contributed by atoms with Gasteiger partial charge in [-0.3, -0.25) is 0 Å². The Morgan fingerprint density at radius 2 is 1.13 bits per heavy atom. The highest BCUT2D eigenvalue weighted by atomic mass is 16.3. The molecule has 0 saturated carbocycles. The summed E-state index contributed by atoms with van der Waals surface area (Å²) in [7, 11) is 0. The molecule has 0 aliphatic heterocycles. The molecule has 39 heavy (non-hydrogen) atoms. The number of para-hydroxylation sites is 1. The van der Waals surface area contributed by atoms with Crippen molar-refractivity contribution in [1.82, 2.24) is 0 Å². The molecule has 1 heterocycles. The van der Waals surface area contributed by atoms with Crippen LogP contribution in [-0.4, -0.2) is 0 Å². The van der Waals surface area contributed by atoms with E-state index in [1.807, 2.05) is 60.7 Å². The van der Waals surface area contributed by atoms with Crippen LogP contribution in [0.3, 0.4) is 0 Å². The molecule has 0 amide bonds. The maximum atomic E-state index is 9.18. The molecule has 0 unspecified atom stereocenters. The minimum Gasteiger partial charge on any atom is -0.456 e. The summed E-state index contributed by atoms with van der Waals surface area (Å²) in [5, 5.41) is 3.25. The van der Waals surface area contributed by atoms with Crippen molar-refractivity contribution in [3.63, 3.8) is 0 Å². The fourth-order valence-corrected chi connectivity index (χ4v) is 5.43. The Morgan fingerprint density at radius 3 is 1.87 bits per heavy atom. The quantitative estimate of drug-likeness (QED) is 0.226. The number of fused-ring (bicyclic) bond motifs is 4. The van der Waals surface area contributed by atoms with E-state index < -0.39 is 54.4 Å². The molecule has 6 aromatic carbocycles. The summed E-state index contributed by atoms with van der Waals surface area (Å²) in [5.41, 5.74) is 4.18. The summed E-state index contributed by atoms with van der Waals surface area (Å²) in [6.07, 6.45) is 3.27. The van der Waals surface area contributed by atoms with Gasteiger partial charge in [0.15, 0.2) is 0 Å². The molecule has 184 valence electrons. The number of furan rings is 1. The first-order valence-electron chi connectivity index (χ1n) is 16.9. The van der Waals surface area contributed by atoms with E-state index >= 15 is 0 Å². The highest BCUT2D eigenvalue weighted by Crippen LogP contribution is 2.46. The summed E-state index contributed by atoms with van der Waals surface area (Å²) in [6.45, 7) is 8.24. The fraction of sp³-hybridized carbons (Fsp3) is 0. The van der Waals surface area contributed by atoms with Crippen LogP contribution in [0.4, 0.5) is 0 Å². The second-order valence-electron chi connectivity index (χ2n) is 9.09. The van der Waals surface area contributed by atoms with Crippen LogP contribution >= 0.6 is 0 Å². The van der Waals surface area contributed by atoms with Crippen molar-refractivity contribution in [2.45, 2.75) is 0 Å². The Morgan fingerprint density at radius 1 is 0.538 bits per heavy atom. The normalized spacial score (nSPS) is 14.5. The molecule has 0 fully saturated rings. The van der Waals surface area contributed by atoms with Gasteiger partial charge in [0, 0.05) is 10.8 Å². The topological polar surface area (TPSA) is 13.1 Å². The van der Waals surface area contributed by atoms with Crippen molar-refractivity contribution < 1.29 is 16.8 Å². The van der Waals surface area contributed by atoms with E-state index in [0.29, 0.717) is 22.1 Å². The maximum Gasteiger partial charge on any atom is 0.135 e. The molecule has 0 bridgehead atoms. The largest absolute Gasteiger partial charge is 0.456 e. The Kier molecular flexibility index (Phi) is 3.66. The van der Waals surface area contributed by atoms with Crippen molar-refractivity contribution in [1.29, 1.82) is 0 Å². The number of benzene rings is 6. The average Bonchev–Trinajstić information content (AvgIpc) is 3.48. The average molecular weight is 508 g/mol. The van der Waals surface area contributed by atoms with Gasteiger partial charge in [-0.15, -0.1) is 0 Å². The van der Waals surface area contributed by atoms with E-state index in [1.165, 1.54) is 0 Å². The summed E-state index contributed by atoms with van der Waals surface area (Å²) in [4.78, 5) is 0. The fourth-order valence-electron chi connectivity index (χ4n) is 5.43. The zero-order valence-electron chi connectivity index (χ0n) is 29.8. The van der Waals surface area contributed by atoms with Crippen LogP contribution in [0.15, 0.2) is 139 Å². The van der Waals surface area contributed by atoms with Gasteiger partial charge < -0.3 is 4.42 Å². The first kappa shape index (κ1) is 15.3. The highest BCUT2D eigenvalue weighted by molar-refractivity contribution is 6.14. The van der Waals surface area contributed by atoms with E-state index in [1.54, 1.807) is 12.2 Å². The summed E-state index contributed by atoms with van der Waals surface area (Å²) in [5.74, 6) is 0. The smallest absolute Gasteiger partial charge is 0.135 e. The van der Waals surface area contributed by atoms with E-state index in [4.69, 9.17) is 15.4 Å². The molecule has 0 saturated heterocycles. The van der Waals surface area contributed by atoms with Crippen LogP contribution in [0.1, 0.15) is 23.5 Å². The Balaban J connectivity index is 1.67. The molecule has 7 aromatic rings. The third-order valence-electron chi connectivity index (χ3n) is 7.06. The SMILES string of the molecule is [2H]c1c([2H])c([2H])c(-c2c([2H])c([2H])c([2H])c([2H])c2-c2c(C=C)c(C=C)c(-c3ccc4oc5ccccc5c4c3)c3ccccc23)c([2H])c1[2H]. The van der Waals surface area contributed by atoms with Crippen molar-refractivity contribution in [2.24, 2.45) is 0 Å². The van der Waals surface area contributed by atoms with Crippen LogP contribution in [-0.2, 0) is 0 Å². The van der Waals surface area contributed by atoms with Crippen molar-refractivity contribution in [3.05, 3.63) is 145 Å². The van der Waals surface area contributed by atoms with E-state index in [9.17, 15) is 1.37 Å². The number of hydrogen-bond donors (Lipinski definition) is 0. The molecular formula is C38H26O. The Labute approximate surface area is 240 Å². The Hall–Kier alpha value is -5.14. The lowest BCUT2D eigenvalue weighted by molar-refractivity contribution is 0.669. The molecular weight excluding hydrogens is 472 g/mol. The summed E-state index contributed by atoms with van der Waals surface area (Å²) >= 11 is 0. The van der Waals surface area contributed by atoms with Gasteiger partial charge in [0.25, 0.3) is 0 Å². The van der Waals surface area contributed by atoms with Crippen LogP contribution in [0.2, 0.25) is 0 Å². The van der Waals surface area contributed by atoms with Crippen LogP contribution < -0.4 is 0 Å². The molecule has 0 radical (unpaired) electrons. The van der Waals surface area contributed by atoms with E-state index in [2.05, 4.69) is 19.2 Å². The van der Waals surface area contributed by atoms with E-state index in [-0.39, 0.29) is 16.7 Å². The lowest BCUT2D eigenvalue weighted by Gasteiger charge is -2.22. The second-order valence-corrected chi connectivity index (χ2v) is 9.09. The molecule has 7 rings (SSSR count). The molecule has 0 spiro atoms. The van der Waals surface area contributed by atoms with Gasteiger partial charge in [-0.1, -0.05) is 128 Å². The van der Waals surface area contributed by atoms with Crippen molar-refractivity contribution >= 4 is 44.9 Å². The number of hydrogen-bond acceptors (Lipinski definition) is 1. The zero-order chi connectivity index (χ0) is 34.2. The molecule has 1 heteroatoms. The minimum atomic E-state index is -0.609. The van der Waals surface area contributed by atoms with Gasteiger partial charge in [-0.25, -0.2) is 0 Å². The predicted molar refractivity (Wildman–Crippen MR) is 168 cm³/mol. The maximum absolute atomic E-state index is 9.18. The first-order valence-corrected chi connectivity index (χ1v) is 12.4. The predicted octanol–water partition coefficient (Wildman–Crippen LogP) is 11.0. The van der Waals surface area contributed by atoms with Crippen molar-refractivity contribution in [2.75, 3.05) is 0 Å². The summed E-state index contributed by atoms with van der Waals surface area (Å²) < 4.78 is 83.7. The van der Waals surface area contributed by atoms with Gasteiger partial charge in [-0.2, -0.15) is 0 Å². The standard InChI is InChI=1S/C38H26O/c1-3-27-28(4-2)38(31-18-9-8-16-29(31)25-14-6-5-7-15-25)33-20-11-10-19-32(33)37(27)26-22-23-36-34(24-26)30-17-12-13-21-35(30)39-36/h3-24H,1-2H2/i5D,6D,7D,8D,9D,14D,15D,16D,18D. The second kappa shape index (κ2) is 9.31. The molecule has 1 nitrogen and oxygen atoms in total. The van der Waals surface area contributed by atoms with Gasteiger partial charge in [0.2, 0.25) is 0 Å². The third kappa shape index (κ3) is 3.63. The molecule has 0 aliphatic carbocycles. The van der Waals surface area contributed by atoms with Gasteiger partial charge >= 0.3 is 0 Å². The third-order valence-corrected chi connectivity index (χ3v) is 7.06. The Bertz CT molecular complexity index is 2520. The van der Waals surface area contributed by atoms with Gasteiger partial charge in [0.1, 0.15) is 11.2 Å². The van der Waals surface area contributed by atoms with Crippen molar-refractivity contribution in [3.8, 4) is 33.4 Å². The minimum absolute atomic E-state index is 0.00318. The molecule has 0 N–H and O–H groups in total. The molecule has 1 aromatic heterocycles. The zero-order valence-corrected chi connectivity index (χ0v) is 20.8. The van der Waals surface area contributed by atoms with Crippen LogP contribution in [0, 0.1) is 0 Å². The van der Waals surface area contributed by atoms with Gasteiger partial charge in [-0.05, 0) is 73.5 Å².